The lowest BCUT2D eigenvalue weighted by molar-refractivity contribution is -0.138. The Hall–Kier alpha value is -1.15. The van der Waals surface area contributed by atoms with Crippen LogP contribution in [0.2, 0.25) is 0 Å². The SMILES string of the molecule is C[C@@H]1CNCCN1C(=O)C1CC(=O)N(C2CCS(=O)(=O)C2)C1. The molecule has 3 atom stereocenters. The molecule has 3 heterocycles. The van der Waals surface area contributed by atoms with Crippen LogP contribution in [-0.4, -0.2) is 79.8 Å². The van der Waals surface area contributed by atoms with Gasteiger partial charge in [0.05, 0.1) is 17.4 Å². The summed E-state index contributed by atoms with van der Waals surface area (Å²) in [4.78, 5) is 28.3. The molecule has 1 N–H and O–H groups in total. The molecule has 124 valence electrons. The maximum absolute atomic E-state index is 12.6. The minimum Gasteiger partial charge on any atom is -0.338 e. The summed E-state index contributed by atoms with van der Waals surface area (Å²) in [5, 5.41) is 3.24. The van der Waals surface area contributed by atoms with E-state index in [-0.39, 0.29) is 47.7 Å². The average molecular weight is 329 g/mol. The zero-order valence-electron chi connectivity index (χ0n) is 12.8. The van der Waals surface area contributed by atoms with Crippen LogP contribution in [0.5, 0.6) is 0 Å². The Morgan fingerprint density at radius 2 is 2.14 bits per heavy atom. The second kappa shape index (κ2) is 5.81. The highest BCUT2D eigenvalue weighted by Gasteiger charge is 2.43. The number of hydrogen-bond donors (Lipinski definition) is 1. The molecule has 3 aliphatic heterocycles. The van der Waals surface area contributed by atoms with E-state index < -0.39 is 9.84 Å². The molecule has 2 amide bonds. The van der Waals surface area contributed by atoms with E-state index in [1.807, 2.05) is 11.8 Å². The van der Waals surface area contributed by atoms with Crippen LogP contribution in [0.1, 0.15) is 19.8 Å². The van der Waals surface area contributed by atoms with Crippen LogP contribution in [0.15, 0.2) is 0 Å². The first-order chi connectivity index (χ1) is 10.4. The quantitative estimate of drug-likeness (QED) is 0.691. The monoisotopic (exact) mass is 329 g/mol. The van der Waals surface area contributed by atoms with Crippen LogP contribution in [0.4, 0.5) is 0 Å². The molecule has 3 fully saturated rings. The van der Waals surface area contributed by atoms with Gasteiger partial charge in [-0.05, 0) is 13.3 Å². The third kappa shape index (κ3) is 2.99. The van der Waals surface area contributed by atoms with E-state index >= 15 is 0 Å². The predicted molar refractivity (Wildman–Crippen MR) is 80.9 cm³/mol. The summed E-state index contributed by atoms with van der Waals surface area (Å²) in [5.41, 5.74) is 0. The fourth-order valence-corrected chi connectivity index (χ4v) is 5.40. The molecule has 0 aromatic heterocycles. The Balaban J connectivity index is 1.65. The highest BCUT2D eigenvalue weighted by molar-refractivity contribution is 7.91. The van der Waals surface area contributed by atoms with Gasteiger partial charge in [-0.25, -0.2) is 8.42 Å². The fraction of sp³-hybridized carbons (Fsp3) is 0.857. The highest BCUT2D eigenvalue weighted by atomic mass is 32.2. The van der Waals surface area contributed by atoms with Crippen molar-refractivity contribution in [3.05, 3.63) is 0 Å². The van der Waals surface area contributed by atoms with Gasteiger partial charge in [0.15, 0.2) is 9.84 Å². The number of likely N-dealkylation sites (tertiary alicyclic amines) is 1. The zero-order valence-corrected chi connectivity index (χ0v) is 13.6. The molecule has 0 bridgehead atoms. The highest BCUT2D eigenvalue weighted by Crippen LogP contribution is 2.27. The molecule has 0 saturated carbocycles. The van der Waals surface area contributed by atoms with Gasteiger partial charge in [-0.3, -0.25) is 9.59 Å². The molecule has 2 unspecified atom stereocenters. The lowest BCUT2D eigenvalue weighted by Gasteiger charge is -2.35. The summed E-state index contributed by atoms with van der Waals surface area (Å²) in [6.45, 7) is 4.59. The lowest BCUT2D eigenvalue weighted by Crippen LogP contribution is -2.54. The molecule has 0 aromatic carbocycles. The molecule has 0 aromatic rings. The zero-order chi connectivity index (χ0) is 15.9. The lowest BCUT2D eigenvalue weighted by atomic mass is 10.0. The van der Waals surface area contributed by atoms with Crippen LogP contribution >= 0.6 is 0 Å². The normalized spacial score (nSPS) is 35.1. The third-order valence-electron chi connectivity index (χ3n) is 4.94. The number of piperazine rings is 1. The van der Waals surface area contributed by atoms with Crippen molar-refractivity contribution in [1.29, 1.82) is 0 Å². The van der Waals surface area contributed by atoms with Crippen molar-refractivity contribution in [2.45, 2.75) is 31.8 Å². The van der Waals surface area contributed by atoms with Gasteiger partial charge in [-0.15, -0.1) is 0 Å². The summed E-state index contributed by atoms with van der Waals surface area (Å²) in [7, 11) is -3.02. The van der Waals surface area contributed by atoms with Crippen molar-refractivity contribution in [1.82, 2.24) is 15.1 Å². The first kappa shape index (κ1) is 15.7. The molecule has 0 aliphatic carbocycles. The number of rotatable bonds is 2. The van der Waals surface area contributed by atoms with Crippen LogP contribution < -0.4 is 5.32 Å². The summed E-state index contributed by atoms with van der Waals surface area (Å²) in [5.74, 6) is -0.177. The molecule has 0 radical (unpaired) electrons. The van der Waals surface area contributed by atoms with E-state index in [1.165, 1.54) is 0 Å². The van der Waals surface area contributed by atoms with Gasteiger partial charge in [-0.2, -0.15) is 0 Å². The molecule has 3 saturated heterocycles. The molecule has 0 spiro atoms. The topological polar surface area (TPSA) is 86.8 Å². The number of amides is 2. The number of carbonyl (C=O) groups excluding carboxylic acids is 2. The Morgan fingerprint density at radius 3 is 2.77 bits per heavy atom. The van der Waals surface area contributed by atoms with Gasteiger partial charge >= 0.3 is 0 Å². The van der Waals surface area contributed by atoms with E-state index in [9.17, 15) is 18.0 Å². The van der Waals surface area contributed by atoms with E-state index in [2.05, 4.69) is 5.32 Å². The molecule has 22 heavy (non-hydrogen) atoms. The summed E-state index contributed by atoms with van der Waals surface area (Å²) in [6.07, 6.45) is 0.713. The largest absolute Gasteiger partial charge is 0.338 e. The number of nitrogens with one attached hydrogen (secondary N) is 1. The minimum absolute atomic E-state index is 0.0331. The van der Waals surface area contributed by atoms with Gasteiger partial charge in [0.1, 0.15) is 0 Å². The maximum atomic E-state index is 12.6. The summed E-state index contributed by atoms with van der Waals surface area (Å²) < 4.78 is 23.2. The second-order valence-electron chi connectivity index (χ2n) is 6.59. The molecule has 3 aliphatic rings. The van der Waals surface area contributed by atoms with Crippen molar-refractivity contribution in [3.63, 3.8) is 0 Å². The number of sulfone groups is 1. The fourth-order valence-electron chi connectivity index (χ4n) is 3.67. The molecular weight excluding hydrogens is 306 g/mol. The van der Waals surface area contributed by atoms with E-state index in [1.54, 1.807) is 4.90 Å². The number of hydrogen-bond acceptors (Lipinski definition) is 5. The molecule has 7 nitrogen and oxygen atoms in total. The van der Waals surface area contributed by atoms with Gasteiger partial charge in [0.25, 0.3) is 0 Å². The van der Waals surface area contributed by atoms with Crippen LogP contribution in [0, 0.1) is 5.92 Å². The average Bonchev–Trinajstić information content (AvgIpc) is 3.01. The predicted octanol–water partition coefficient (Wildman–Crippen LogP) is -1.16. The minimum atomic E-state index is -3.02. The van der Waals surface area contributed by atoms with Gasteiger partial charge in [-0.1, -0.05) is 0 Å². The van der Waals surface area contributed by atoms with Crippen LogP contribution in [0.3, 0.4) is 0 Å². The van der Waals surface area contributed by atoms with Crippen molar-refractivity contribution in [2.24, 2.45) is 5.92 Å². The van der Waals surface area contributed by atoms with Crippen molar-refractivity contribution in [3.8, 4) is 0 Å². The second-order valence-corrected chi connectivity index (χ2v) is 8.82. The van der Waals surface area contributed by atoms with Gasteiger partial charge in [0.2, 0.25) is 11.8 Å². The Morgan fingerprint density at radius 1 is 1.36 bits per heavy atom. The molecule has 8 heteroatoms. The smallest absolute Gasteiger partial charge is 0.228 e. The number of carbonyl (C=O) groups is 2. The van der Waals surface area contributed by atoms with E-state index in [0.29, 0.717) is 19.5 Å². The molecule has 3 rings (SSSR count). The third-order valence-corrected chi connectivity index (χ3v) is 6.69. The summed E-state index contributed by atoms with van der Waals surface area (Å²) >= 11 is 0. The first-order valence-electron chi connectivity index (χ1n) is 7.88. The summed E-state index contributed by atoms with van der Waals surface area (Å²) in [6, 6.07) is -0.104. The van der Waals surface area contributed by atoms with Crippen LogP contribution in [-0.2, 0) is 19.4 Å². The van der Waals surface area contributed by atoms with E-state index in [0.717, 1.165) is 13.1 Å². The Labute approximate surface area is 130 Å². The van der Waals surface area contributed by atoms with Crippen molar-refractivity contribution >= 4 is 21.7 Å². The van der Waals surface area contributed by atoms with E-state index in [4.69, 9.17) is 0 Å². The number of nitrogens with zero attached hydrogens (tertiary/aromatic N) is 2. The standard InChI is InChI=1S/C14H23N3O4S/c1-10-7-15-3-4-16(10)14(19)11-6-13(18)17(8-11)12-2-5-22(20,21)9-12/h10-12,15H,2-9H2,1H3/t10-,11?,12?/m1/s1. The Kier molecular flexibility index (Phi) is 4.15. The van der Waals surface area contributed by atoms with Crippen molar-refractivity contribution < 1.29 is 18.0 Å². The van der Waals surface area contributed by atoms with Crippen molar-refractivity contribution in [2.75, 3.05) is 37.7 Å². The molecular formula is C14H23N3O4S. The van der Waals surface area contributed by atoms with Crippen LogP contribution in [0.25, 0.3) is 0 Å². The Bertz CT molecular complexity index is 577. The van der Waals surface area contributed by atoms with Gasteiger partial charge < -0.3 is 15.1 Å². The first-order valence-corrected chi connectivity index (χ1v) is 9.70. The maximum Gasteiger partial charge on any atom is 0.228 e. The van der Waals surface area contributed by atoms with Gasteiger partial charge in [0, 0.05) is 44.7 Å².